The summed E-state index contributed by atoms with van der Waals surface area (Å²) < 4.78 is 10.9. The van der Waals surface area contributed by atoms with Crippen LogP contribution in [0.2, 0.25) is 0 Å². The average Bonchev–Trinajstić information content (AvgIpc) is 2.72. The molecule has 27 heavy (non-hydrogen) atoms. The Kier molecular flexibility index (Phi) is 6.23. The van der Waals surface area contributed by atoms with Crippen LogP contribution in [0.4, 0.5) is 0 Å². The number of phenolic OH excluding ortho intramolecular Hbond substituents is 1. The maximum atomic E-state index is 11.7. The van der Waals surface area contributed by atoms with E-state index in [2.05, 4.69) is 0 Å². The van der Waals surface area contributed by atoms with Gasteiger partial charge in [-0.1, -0.05) is 66.7 Å². The Balaban J connectivity index is 1.85. The summed E-state index contributed by atoms with van der Waals surface area (Å²) in [6.07, 6.45) is 0.262. The summed E-state index contributed by atoms with van der Waals surface area (Å²) in [5.41, 5.74) is 3.11. The van der Waals surface area contributed by atoms with Crippen LogP contribution in [-0.2, 0) is 22.5 Å². The molecule has 1 N–H and O–H groups in total. The standard InChI is InChI=1S/C23H22O4/c1-26-23(25)19-12-13-20(21(24)15-19)22(14-17-8-4-2-5-9-17)27-16-18-10-6-3-7-11-18/h2-13,15,22,24H,14,16H2,1H3. The molecule has 0 amide bonds. The third kappa shape index (κ3) is 4.96. The van der Waals surface area contributed by atoms with E-state index in [1.54, 1.807) is 12.1 Å². The van der Waals surface area contributed by atoms with Crippen LogP contribution in [0.3, 0.4) is 0 Å². The predicted octanol–water partition coefficient (Wildman–Crippen LogP) is 4.68. The molecule has 0 bridgehead atoms. The highest BCUT2D eigenvalue weighted by atomic mass is 16.5. The van der Waals surface area contributed by atoms with Crippen molar-refractivity contribution >= 4 is 5.97 Å². The Morgan fingerprint density at radius 1 is 0.926 bits per heavy atom. The zero-order valence-corrected chi connectivity index (χ0v) is 15.2. The Bertz CT molecular complexity index is 875. The number of carbonyl (C=O) groups is 1. The summed E-state index contributed by atoms with van der Waals surface area (Å²) in [5.74, 6) is -0.464. The second-order valence-electron chi connectivity index (χ2n) is 6.24. The highest BCUT2D eigenvalue weighted by Crippen LogP contribution is 2.31. The summed E-state index contributed by atoms with van der Waals surface area (Å²) in [6.45, 7) is 0.427. The first-order chi connectivity index (χ1) is 13.2. The molecule has 0 aliphatic heterocycles. The van der Waals surface area contributed by atoms with Crippen LogP contribution in [0.15, 0.2) is 78.9 Å². The van der Waals surface area contributed by atoms with E-state index in [-0.39, 0.29) is 11.9 Å². The molecule has 138 valence electrons. The van der Waals surface area contributed by atoms with E-state index in [0.29, 0.717) is 24.2 Å². The molecule has 1 atom stereocenters. The number of methoxy groups -OCH3 is 1. The highest BCUT2D eigenvalue weighted by Gasteiger charge is 2.19. The Morgan fingerprint density at radius 2 is 1.56 bits per heavy atom. The zero-order chi connectivity index (χ0) is 19.1. The van der Waals surface area contributed by atoms with Crippen molar-refractivity contribution < 1.29 is 19.4 Å². The van der Waals surface area contributed by atoms with Gasteiger partial charge in [0.2, 0.25) is 0 Å². The number of benzene rings is 3. The van der Waals surface area contributed by atoms with Crippen LogP contribution in [0.1, 0.15) is 33.2 Å². The second kappa shape index (κ2) is 9.01. The van der Waals surface area contributed by atoms with Gasteiger partial charge in [-0.2, -0.15) is 0 Å². The van der Waals surface area contributed by atoms with Crippen molar-refractivity contribution in [2.24, 2.45) is 0 Å². The van der Waals surface area contributed by atoms with Crippen LogP contribution in [0.5, 0.6) is 5.75 Å². The molecule has 0 fully saturated rings. The van der Waals surface area contributed by atoms with E-state index in [1.807, 2.05) is 60.7 Å². The SMILES string of the molecule is COC(=O)c1ccc(C(Cc2ccccc2)OCc2ccccc2)c(O)c1. The molecule has 0 heterocycles. The molecule has 0 saturated carbocycles. The highest BCUT2D eigenvalue weighted by molar-refractivity contribution is 5.89. The van der Waals surface area contributed by atoms with Gasteiger partial charge >= 0.3 is 5.97 Å². The van der Waals surface area contributed by atoms with E-state index in [9.17, 15) is 9.90 Å². The quantitative estimate of drug-likeness (QED) is 0.620. The minimum Gasteiger partial charge on any atom is -0.508 e. The summed E-state index contributed by atoms with van der Waals surface area (Å²) in [6, 6.07) is 24.6. The lowest BCUT2D eigenvalue weighted by atomic mass is 9.99. The largest absolute Gasteiger partial charge is 0.508 e. The first-order valence-corrected chi connectivity index (χ1v) is 8.78. The van der Waals surface area contributed by atoms with Gasteiger partial charge in [0, 0.05) is 12.0 Å². The van der Waals surface area contributed by atoms with Crippen molar-refractivity contribution in [3.8, 4) is 5.75 Å². The van der Waals surface area contributed by atoms with Crippen molar-refractivity contribution in [1.82, 2.24) is 0 Å². The van der Waals surface area contributed by atoms with Gasteiger partial charge in [0.25, 0.3) is 0 Å². The Labute approximate surface area is 159 Å². The van der Waals surface area contributed by atoms with Crippen LogP contribution < -0.4 is 0 Å². The fourth-order valence-electron chi connectivity index (χ4n) is 2.92. The summed E-state index contributed by atoms with van der Waals surface area (Å²) in [5, 5.41) is 10.5. The molecular formula is C23H22O4. The van der Waals surface area contributed by atoms with E-state index in [4.69, 9.17) is 9.47 Å². The fraction of sp³-hybridized carbons (Fsp3) is 0.174. The molecule has 0 saturated heterocycles. The van der Waals surface area contributed by atoms with Crippen LogP contribution >= 0.6 is 0 Å². The minimum atomic E-state index is -0.485. The van der Waals surface area contributed by atoms with Gasteiger partial charge in [-0.15, -0.1) is 0 Å². The van der Waals surface area contributed by atoms with E-state index in [1.165, 1.54) is 13.2 Å². The van der Waals surface area contributed by atoms with Gasteiger partial charge in [0.05, 0.1) is 25.4 Å². The molecule has 0 aromatic heterocycles. The van der Waals surface area contributed by atoms with Crippen molar-refractivity contribution in [2.75, 3.05) is 7.11 Å². The minimum absolute atomic E-state index is 0.0203. The van der Waals surface area contributed by atoms with Crippen molar-refractivity contribution in [2.45, 2.75) is 19.1 Å². The zero-order valence-electron chi connectivity index (χ0n) is 15.2. The Hall–Kier alpha value is -3.11. The summed E-state index contributed by atoms with van der Waals surface area (Å²) in [4.78, 5) is 11.7. The average molecular weight is 362 g/mol. The number of hydrogen-bond donors (Lipinski definition) is 1. The van der Waals surface area contributed by atoms with Gasteiger partial charge < -0.3 is 14.6 Å². The fourth-order valence-corrected chi connectivity index (χ4v) is 2.92. The van der Waals surface area contributed by atoms with E-state index in [0.717, 1.165) is 11.1 Å². The molecule has 3 aromatic rings. The molecule has 4 nitrogen and oxygen atoms in total. The van der Waals surface area contributed by atoms with Crippen LogP contribution in [0, 0.1) is 0 Å². The van der Waals surface area contributed by atoms with Gasteiger partial charge in [0.15, 0.2) is 0 Å². The summed E-state index contributed by atoms with van der Waals surface area (Å²) in [7, 11) is 1.31. The topological polar surface area (TPSA) is 55.8 Å². The van der Waals surface area contributed by atoms with Gasteiger partial charge in [0.1, 0.15) is 5.75 Å². The smallest absolute Gasteiger partial charge is 0.337 e. The number of esters is 1. The number of ether oxygens (including phenoxy) is 2. The number of rotatable bonds is 7. The van der Waals surface area contributed by atoms with Crippen molar-refractivity contribution in [3.63, 3.8) is 0 Å². The van der Waals surface area contributed by atoms with E-state index < -0.39 is 5.97 Å². The number of phenols is 1. The van der Waals surface area contributed by atoms with Crippen molar-refractivity contribution in [1.29, 1.82) is 0 Å². The third-order valence-electron chi connectivity index (χ3n) is 4.36. The molecule has 1 unspecified atom stereocenters. The number of hydrogen-bond acceptors (Lipinski definition) is 4. The van der Waals surface area contributed by atoms with Gasteiger partial charge in [-0.25, -0.2) is 4.79 Å². The maximum absolute atomic E-state index is 11.7. The second-order valence-corrected chi connectivity index (χ2v) is 6.24. The number of aromatic hydroxyl groups is 1. The lowest BCUT2D eigenvalue weighted by Crippen LogP contribution is -2.09. The first kappa shape index (κ1) is 18.7. The molecule has 4 heteroatoms. The maximum Gasteiger partial charge on any atom is 0.337 e. The van der Waals surface area contributed by atoms with E-state index >= 15 is 0 Å². The number of carbonyl (C=O) groups excluding carboxylic acids is 1. The molecule has 3 rings (SSSR count). The Morgan fingerprint density at radius 3 is 2.15 bits per heavy atom. The molecule has 0 radical (unpaired) electrons. The molecule has 3 aromatic carbocycles. The predicted molar refractivity (Wildman–Crippen MR) is 104 cm³/mol. The van der Waals surface area contributed by atoms with Crippen LogP contribution in [0.25, 0.3) is 0 Å². The summed E-state index contributed by atoms with van der Waals surface area (Å²) >= 11 is 0. The first-order valence-electron chi connectivity index (χ1n) is 8.78. The normalized spacial score (nSPS) is 11.7. The molecular weight excluding hydrogens is 340 g/mol. The third-order valence-corrected chi connectivity index (χ3v) is 4.36. The molecule has 0 aliphatic carbocycles. The lowest BCUT2D eigenvalue weighted by molar-refractivity contribution is 0.0383. The monoisotopic (exact) mass is 362 g/mol. The molecule has 0 aliphatic rings. The molecule has 0 spiro atoms. The van der Waals surface area contributed by atoms with Crippen molar-refractivity contribution in [3.05, 3.63) is 101 Å². The van der Waals surface area contributed by atoms with Crippen LogP contribution in [-0.4, -0.2) is 18.2 Å². The van der Waals surface area contributed by atoms with Gasteiger partial charge in [-0.05, 0) is 23.3 Å². The van der Waals surface area contributed by atoms with Gasteiger partial charge in [-0.3, -0.25) is 0 Å². The lowest BCUT2D eigenvalue weighted by Gasteiger charge is -2.20.